The summed E-state index contributed by atoms with van der Waals surface area (Å²) in [6.45, 7) is 6.39. The van der Waals surface area contributed by atoms with Crippen LogP contribution in [0.5, 0.6) is 0 Å². The second kappa shape index (κ2) is 13.1. The molecule has 0 spiro atoms. The zero-order valence-corrected chi connectivity index (χ0v) is 21.6. The Labute approximate surface area is 210 Å². The summed E-state index contributed by atoms with van der Waals surface area (Å²) >= 11 is 0. The first kappa shape index (κ1) is 27.3. The summed E-state index contributed by atoms with van der Waals surface area (Å²) < 4.78 is 22.9. The number of carbonyl (C=O) groups excluding carboxylic acids is 1. The van der Waals surface area contributed by atoms with E-state index in [1.165, 1.54) is 0 Å². The Morgan fingerprint density at radius 3 is 2.57 bits per heavy atom. The topological polar surface area (TPSA) is 117 Å². The molecule has 0 radical (unpaired) electrons. The first-order valence-electron chi connectivity index (χ1n) is 12.5. The molecule has 3 rings (SSSR count). The van der Waals surface area contributed by atoms with E-state index in [1.807, 2.05) is 43.3 Å². The Hall–Kier alpha value is -2.30. The van der Waals surface area contributed by atoms with Crippen molar-refractivity contribution in [3.63, 3.8) is 0 Å². The van der Waals surface area contributed by atoms with E-state index in [2.05, 4.69) is 22.9 Å². The predicted molar refractivity (Wildman–Crippen MR) is 145 cm³/mol. The third-order valence-corrected chi connectivity index (χ3v) is 8.03. The van der Waals surface area contributed by atoms with Gasteiger partial charge in [0.05, 0.1) is 23.6 Å². The predicted octanol–water partition coefficient (Wildman–Crippen LogP) is 4.09. The maximum absolute atomic E-state index is 13.4. The van der Waals surface area contributed by atoms with Gasteiger partial charge in [-0.1, -0.05) is 37.3 Å². The number of aliphatic hydroxyl groups is 1. The molecule has 1 heterocycles. The summed E-state index contributed by atoms with van der Waals surface area (Å²) in [5, 5.41) is 20.4. The molecule has 1 aliphatic heterocycles. The molecule has 0 bridgehead atoms. The smallest absolute Gasteiger partial charge is 0.251 e. The van der Waals surface area contributed by atoms with E-state index in [9.17, 15) is 19.0 Å². The van der Waals surface area contributed by atoms with Crippen molar-refractivity contribution < 1.29 is 19.0 Å². The van der Waals surface area contributed by atoms with E-state index in [0.717, 1.165) is 37.1 Å². The van der Waals surface area contributed by atoms with Crippen LogP contribution in [0, 0.1) is 0 Å². The van der Waals surface area contributed by atoms with Gasteiger partial charge in [0.2, 0.25) is 0 Å². The molecule has 0 saturated carbocycles. The van der Waals surface area contributed by atoms with Gasteiger partial charge in [-0.05, 0) is 62.9 Å². The fraction of sp³-hybridized carbons (Fsp3) is 0.500. The van der Waals surface area contributed by atoms with Crippen LogP contribution in [0.15, 0.2) is 48.5 Å². The minimum absolute atomic E-state index is 0.310. The van der Waals surface area contributed by atoms with Crippen molar-refractivity contribution in [2.75, 3.05) is 41.6 Å². The maximum atomic E-state index is 13.4. The molecule has 2 atom stereocenters. The molecule has 8 nitrogen and oxygen atoms in total. The standard InChI is InChI=1S/C26H40N4O4S/c1-3-12-27-19-25(31)24(15-20-10-6-5-7-11-20)29-26(32)21-16-22(28-4-2)18-23(17-21)30-13-8-9-14-35(30,33)34/h5-7,10-11,16-18,24-25,27-28,31,33-34H,3-4,8-9,12-15,19H2,1-2H3,(H,29,32)/t24-,25-/m0/s1. The molecule has 0 unspecified atom stereocenters. The first-order valence-corrected chi connectivity index (χ1v) is 14.2. The van der Waals surface area contributed by atoms with Gasteiger partial charge in [0.25, 0.3) is 5.91 Å². The molecule has 6 N–H and O–H groups in total. The number of rotatable bonds is 12. The molecule has 2 aromatic rings. The maximum Gasteiger partial charge on any atom is 0.251 e. The Morgan fingerprint density at radius 1 is 1.11 bits per heavy atom. The highest BCUT2D eigenvalue weighted by molar-refractivity contribution is 8.25. The number of benzene rings is 2. The van der Waals surface area contributed by atoms with Crippen LogP contribution >= 0.6 is 10.8 Å². The lowest BCUT2D eigenvalue weighted by atomic mass is 10.00. The lowest BCUT2D eigenvalue weighted by molar-refractivity contribution is 0.0831. The summed E-state index contributed by atoms with van der Waals surface area (Å²) in [6.07, 6.45) is 2.31. The second-order valence-electron chi connectivity index (χ2n) is 8.99. The van der Waals surface area contributed by atoms with Crippen LogP contribution in [-0.2, 0) is 6.42 Å². The van der Waals surface area contributed by atoms with Crippen molar-refractivity contribution in [1.29, 1.82) is 0 Å². The lowest BCUT2D eigenvalue weighted by Gasteiger charge is -2.47. The van der Waals surface area contributed by atoms with Gasteiger partial charge in [-0.2, -0.15) is 0 Å². The number of amides is 1. The average molecular weight is 505 g/mol. The molecule has 1 fully saturated rings. The average Bonchev–Trinajstić information content (AvgIpc) is 2.84. The third kappa shape index (κ3) is 7.85. The SMILES string of the molecule is CCCNC[C@H](O)[C@H](Cc1ccccc1)NC(=O)c1cc(NCC)cc(N2CCCCS2(O)O)c1. The van der Waals surface area contributed by atoms with Crippen molar-refractivity contribution in [2.24, 2.45) is 0 Å². The summed E-state index contributed by atoms with van der Waals surface area (Å²) in [5.74, 6) is 0.0192. The molecular formula is C26H40N4O4S. The minimum atomic E-state index is -2.92. The van der Waals surface area contributed by atoms with Gasteiger partial charge >= 0.3 is 0 Å². The molecule has 1 saturated heterocycles. The van der Waals surface area contributed by atoms with Gasteiger partial charge in [-0.15, -0.1) is 10.8 Å². The molecular weight excluding hydrogens is 464 g/mol. The Morgan fingerprint density at radius 2 is 1.89 bits per heavy atom. The summed E-state index contributed by atoms with van der Waals surface area (Å²) in [4.78, 5) is 13.4. The summed E-state index contributed by atoms with van der Waals surface area (Å²) in [6, 6.07) is 14.6. The number of hydrogen-bond donors (Lipinski definition) is 6. The largest absolute Gasteiger partial charge is 0.390 e. The van der Waals surface area contributed by atoms with Crippen molar-refractivity contribution >= 4 is 28.1 Å². The number of nitrogens with zero attached hydrogens (tertiary/aromatic N) is 1. The van der Waals surface area contributed by atoms with Gasteiger partial charge in [0, 0.05) is 30.9 Å². The quantitative estimate of drug-likeness (QED) is 0.241. The Kier molecular flexibility index (Phi) is 10.2. The highest BCUT2D eigenvalue weighted by Gasteiger charge is 2.28. The molecule has 194 valence electrons. The van der Waals surface area contributed by atoms with E-state index in [0.29, 0.717) is 43.1 Å². The first-order chi connectivity index (χ1) is 16.8. The van der Waals surface area contributed by atoms with Crippen molar-refractivity contribution in [3.05, 3.63) is 59.7 Å². The van der Waals surface area contributed by atoms with E-state index in [1.54, 1.807) is 16.4 Å². The normalized spacial score (nSPS) is 17.9. The zero-order chi connectivity index (χ0) is 25.3. The number of aliphatic hydroxyl groups excluding tert-OH is 1. The van der Waals surface area contributed by atoms with E-state index >= 15 is 0 Å². The minimum Gasteiger partial charge on any atom is -0.390 e. The monoisotopic (exact) mass is 504 g/mol. The molecule has 9 heteroatoms. The summed E-state index contributed by atoms with van der Waals surface area (Å²) in [5.41, 5.74) is 2.78. The van der Waals surface area contributed by atoms with Gasteiger partial charge < -0.3 is 21.1 Å². The number of hydrogen-bond acceptors (Lipinski definition) is 7. The van der Waals surface area contributed by atoms with Crippen molar-refractivity contribution in [2.45, 2.75) is 51.7 Å². The fourth-order valence-electron chi connectivity index (χ4n) is 4.27. The van der Waals surface area contributed by atoms with Crippen molar-refractivity contribution in [3.8, 4) is 0 Å². The van der Waals surface area contributed by atoms with Crippen LogP contribution < -0.4 is 20.3 Å². The molecule has 1 amide bonds. The van der Waals surface area contributed by atoms with Gasteiger partial charge in [0.15, 0.2) is 0 Å². The van der Waals surface area contributed by atoms with Gasteiger partial charge in [0.1, 0.15) is 0 Å². The van der Waals surface area contributed by atoms with Crippen LogP contribution in [0.4, 0.5) is 11.4 Å². The third-order valence-electron chi connectivity index (χ3n) is 6.09. The highest BCUT2D eigenvalue weighted by atomic mass is 32.3. The number of carbonyl (C=O) groups is 1. The molecule has 1 aliphatic rings. The van der Waals surface area contributed by atoms with Crippen LogP contribution in [0.3, 0.4) is 0 Å². The number of nitrogens with one attached hydrogen (secondary N) is 3. The number of anilines is 2. The van der Waals surface area contributed by atoms with Crippen LogP contribution in [-0.4, -0.2) is 64.2 Å². The van der Waals surface area contributed by atoms with E-state index in [-0.39, 0.29) is 5.91 Å². The Bertz CT molecular complexity index is 944. The fourth-order valence-corrected chi connectivity index (χ4v) is 5.95. The van der Waals surface area contributed by atoms with Crippen molar-refractivity contribution in [1.82, 2.24) is 10.6 Å². The molecule has 35 heavy (non-hydrogen) atoms. The lowest BCUT2D eigenvalue weighted by Crippen LogP contribution is -2.48. The van der Waals surface area contributed by atoms with E-state index in [4.69, 9.17) is 0 Å². The zero-order valence-electron chi connectivity index (χ0n) is 20.7. The summed E-state index contributed by atoms with van der Waals surface area (Å²) in [7, 11) is -2.92. The van der Waals surface area contributed by atoms with E-state index < -0.39 is 22.9 Å². The van der Waals surface area contributed by atoms with Crippen LogP contribution in [0.25, 0.3) is 0 Å². The molecule has 0 aromatic heterocycles. The second-order valence-corrected chi connectivity index (χ2v) is 11.1. The van der Waals surface area contributed by atoms with Crippen LogP contribution in [0.2, 0.25) is 0 Å². The molecule has 0 aliphatic carbocycles. The molecule has 2 aromatic carbocycles. The Balaban J connectivity index is 1.85. The van der Waals surface area contributed by atoms with Gasteiger partial charge in [-0.3, -0.25) is 18.2 Å². The van der Waals surface area contributed by atoms with Gasteiger partial charge in [-0.25, -0.2) is 0 Å². The highest BCUT2D eigenvalue weighted by Crippen LogP contribution is 2.50. The van der Waals surface area contributed by atoms with Crippen LogP contribution in [0.1, 0.15) is 49.0 Å².